The highest BCUT2D eigenvalue weighted by atomic mass is 35.5. The summed E-state index contributed by atoms with van der Waals surface area (Å²) in [5.74, 6) is 0.574. The molecule has 1 fully saturated rings. The van der Waals surface area contributed by atoms with Gasteiger partial charge in [-0.25, -0.2) is 4.39 Å². The van der Waals surface area contributed by atoms with Crippen molar-refractivity contribution in [3.63, 3.8) is 0 Å². The van der Waals surface area contributed by atoms with Gasteiger partial charge in [-0.2, -0.15) is 4.98 Å². The van der Waals surface area contributed by atoms with Crippen molar-refractivity contribution < 1.29 is 13.7 Å². The van der Waals surface area contributed by atoms with Gasteiger partial charge >= 0.3 is 0 Å². The van der Waals surface area contributed by atoms with Crippen molar-refractivity contribution in [2.24, 2.45) is 5.92 Å². The van der Waals surface area contributed by atoms with Gasteiger partial charge in [-0.05, 0) is 62.3 Å². The van der Waals surface area contributed by atoms with E-state index in [2.05, 4.69) is 20.4 Å². The van der Waals surface area contributed by atoms with Crippen LogP contribution in [-0.2, 0) is 11.3 Å². The molecular weight excluding hydrogens is 395 g/mol. The van der Waals surface area contributed by atoms with Crippen LogP contribution in [0, 0.1) is 11.7 Å². The van der Waals surface area contributed by atoms with E-state index in [1.807, 2.05) is 12.1 Å². The zero-order valence-electron chi connectivity index (χ0n) is 15.6. The van der Waals surface area contributed by atoms with Gasteiger partial charge in [0.1, 0.15) is 5.82 Å². The number of aromatic nitrogens is 2. The molecule has 4 rings (SSSR count). The van der Waals surface area contributed by atoms with Gasteiger partial charge in [-0.3, -0.25) is 9.69 Å². The number of nitrogens with zero attached hydrogens (tertiary/aromatic N) is 3. The van der Waals surface area contributed by atoms with Gasteiger partial charge in [0.25, 0.3) is 0 Å². The van der Waals surface area contributed by atoms with Crippen LogP contribution in [0.4, 0.5) is 10.1 Å². The van der Waals surface area contributed by atoms with E-state index in [0.717, 1.165) is 25.9 Å². The number of nitrogens with one attached hydrogen (secondary N) is 1. The van der Waals surface area contributed by atoms with E-state index in [4.69, 9.17) is 16.1 Å². The van der Waals surface area contributed by atoms with Crippen molar-refractivity contribution in [1.82, 2.24) is 15.0 Å². The Balaban J connectivity index is 1.29. The van der Waals surface area contributed by atoms with E-state index in [0.29, 0.717) is 34.5 Å². The second kappa shape index (κ2) is 8.71. The number of hydrogen-bond acceptors (Lipinski definition) is 5. The summed E-state index contributed by atoms with van der Waals surface area (Å²) in [7, 11) is 0. The Kier molecular flexibility index (Phi) is 5.87. The minimum absolute atomic E-state index is 0.00543. The molecular formula is C21H20ClFN4O2. The fraction of sp³-hybridized carbons (Fsp3) is 0.286. The quantitative estimate of drug-likeness (QED) is 0.670. The number of piperidine rings is 1. The monoisotopic (exact) mass is 414 g/mol. The number of likely N-dealkylation sites (tertiary alicyclic amines) is 1. The van der Waals surface area contributed by atoms with Gasteiger partial charge in [0, 0.05) is 11.5 Å². The van der Waals surface area contributed by atoms with Crippen molar-refractivity contribution in [1.29, 1.82) is 0 Å². The number of carbonyl (C=O) groups excluding carboxylic acids is 1. The number of halogens is 2. The molecule has 8 heteroatoms. The highest BCUT2D eigenvalue weighted by Crippen LogP contribution is 2.25. The first-order valence-corrected chi connectivity index (χ1v) is 9.82. The van der Waals surface area contributed by atoms with Gasteiger partial charge in [0.05, 0.1) is 17.3 Å². The van der Waals surface area contributed by atoms with Gasteiger partial charge in [-0.1, -0.05) is 28.9 Å². The number of benzene rings is 2. The normalized spacial score (nSPS) is 15.4. The Morgan fingerprint density at radius 3 is 2.62 bits per heavy atom. The maximum absolute atomic E-state index is 13.0. The molecule has 2 heterocycles. The van der Waals surface area contributed by atoms with Crippen LogP contribution in [0.3, 0.4) is 0 Å². The maximum atomic E-state index is 13.0. The summed E-state index contributed by atoms with van der Waals surface area (Å²) in [5.41, 5.74) is 1.34. The molecule has 1 aliphatic heterocycles. The average Bonchev–Trinajstić information content (AvgIpc) is 3.19. The van der Waals surface area contributed by atoms with Gasteiger partial charge in [-0.15, -0.1) is 0 Å². The summed E-state index contributed by atoms with van der Waals surface area (Å²) >= 11 is 6.11. The van der Waals surface area contributed by atoms with Crippen LogP contribution in [0.1, 0.15) is 18.7 Å². The standard InChI is InChI=1S/C21H20ClFN4O2/c22-17-3-1-2-4-18(17)24-21(28)15-9-11-27(12-10-15)13-19-25-20(26-29-19)14-5-7-16(23)8-6-14/h1-8,15H,9-13H2,(H,24,28). The summed E-state index contributed by atoms with van der Waals surface area (Å²) in [5, 5.41) is 7.41. The Morgan fingerprint density at radius 2 is 1.90 bits per heavy atom. The lowest BCUT2D eigenvalue weighted by molar-refractivity contribution is -0.121. The van der Waals surface area contributed by atoms with E-state index >= 15 is 0 Å². The summed E-state index contributed by atoms with van der Waals surface area (Å²) in [4.78, 5) is 19.1. The first kappa shape index (κ1) is 19.5. The molecule has 1 aliphatic rings. The lowest BCUT2D eigenvalue weighted by atomic mass is 9.96. The number of carbonyl (C=O) groups is 1. The second-order valence-corrected chi connectivity index (χ2v) is 7.45. The van der Waals surface area contributed by atoms with E-state index in [9.17, 15) is 9.18 Å². The topological polar surface area (TPSA) is 71.3 Å². The Bertz CT molecular complexity index is 984. The van der Waals surface area contributed by atoms with Crippen molar-refractivity contribution in [3.05, 3.63) is 65.3 Å². The highest BCUT2D eigenvalue weighted by molar-refractivity contribution is 6.33. The summed E-state index contributed by atoms with van der Waals surface area (Å²) in [6.45, 7) is 2.04. The summed E-state index contributed by atoms with van der Waals surface area (Å²) < 4.78 is 18.4. The highest BCUT2D eigenvalue weighted by Gasteiger charge is 2.26. The number of anilines is 1. The first-order valence-electron chi connectivity index (χ1n) is 9.45. The van der Waals surface area contributed by atoms with E-state index < -0.39 is 0 Å². The summed E-state index contributed by atoms with van der Waals surface area (Å²) in [6.07, 6.45) is 1.49. The van der Waals surface area contributed by atoms with Crippen molar-refractivity contribution in [2.45, 2.75) is 19.4 Å². The Hall–Kier alpha value is -2.77. The van der Waals surface area contributed by atoms with Crippen molar-refractivity contribution in [2.75, 3.05) is 18.4 Å². The zero-order valence-corrected chi connectivity index (χ0v) is 16.4. The molecule has 0 radical (unpaired) electrons. The Morgan fingerprint density at radius 1 is 1.17 bits per heavy atom. The third-order valence-electron chi connectivity index (χ3n) is 5.02. The minimum atomic E-state index is -0.307. The predicted octanol–water partition coefficient (Wildman–Crippen LogP) is 4.38. The van der Waals surface area contributed by atoms with Crippen LogP contribution >= 0.6 is 11.6 Å². The molecule has 3 aromatic rings. The molecule has 0 unspecified atom stereocenters. The van der Waals surface area contributed by atoms with Crippen LogP contribution in [0.5, 0.6) is 0 Å². The smallest absolute Gasteiger partial charge is 0.241 e. The fourth-order valence-electron chi connectivity index (χ4n) is 3.38. The Labute approximate surface area is 172 Å². The van der Waals surface area contributed by atoms with Crippen LogP contribution in [0.2, 0.25) is 5.02 Å². The molecule has 0 aliphatic carbocycles. The second-order valence-electron chi connectivity index (χ2n) is 7.04. The third-order valence-corrected chi connectivity index (χ3v) is 5.35. The van der Waals surface area contributed by atoms with E-state index in [1.165, 1.54) is 12.1 Å². The molecule has 1 saturated heterocycles. The minimum Gasteiger partial charge on any atom is -0.338 e. The van der Waals surface area contributed by atoms with Gasteiger partial charge < -0.3 is 9.84 Å². The molecule has 0 spiro atoms. The maximum Gasteiger partial charge on any atom is 0.241 e. The molecule has 1 aromatic heterocycles. The molecule has 2 aromatic carbocycles. The van der Waals surface area contributed by atoms with E-state index in [1.54, 1.807) is 24.3 Å². The molecule has 6 nitrogen and oxygen atoms in total. The summed E-state index contributed by atoms with van der Waals surface area (Å²) in [6, 6.07) is 13.2. The van der Waals surface area contributed by atoms with Gasteiger partial charge in [0.2, 0.25) is 17.6 Å². The largest absolute Gasteiger partial charge is 0.338 e. The lowest BCUT2D eigenvalue weighted by Gasteiger charge is -2.30. The fourth-order valence-corrected chi connectivity index (χ4v) is 3.56. The van der Waals surface area contributed by atoms with Crippen molar-refractivity contribution in [3.8, 4) is 11.4 Å². The molecule has 0 bridgehead atoms. The third kappa shape index (κ3) is 4.81. The molecule has 1 N–H and O–H groups in total. The number of hydrogen-bond donors (Lipinski definition) is 1. The van der Waals surface area contributed by atoms with E-state index in [-0.39, 0.29) is 17.6 Å². The zero-order chi connectivity index (χ0) is 20.2. The molecule has 150 valence electrons. The molecule has 1 amide bonds. The predicted molar refractivity (Wildman–Crippen MR) is 108 cm³/mol. The average molecular weight is 415 g/mol. The van der Waals surface area contributed by atoms with Crippen LogP contribution in [-0.4, -0.2) is 34.0 Å². The van der Waals surface area contributed by atoms with Gasteiger partial charge in [0.15, 0.2) is 0 Å². The molecule has 29 heavy (non-hydrogen) atoms. The van der Waals surface area contributed by atoms with Crippen molar-refractivity contribution >= 4 is 23.2 Å². The molecule has 0 saturated carbocycles. The lowest BCUT2D eigenvalue weighted by Crippen LogP contribution is -2.37. The van der Waals surface area contributed by atoms with Crippen LogP contribution in [0.15, 0.2) is 53.1 Å². The number of para-hydroxylation sites is 1. The first-order chi connectivity index (χ1) is 14.1. The SMILES string of the molecule is O=C(Nc1ccccc1Cl)C1CCN(Cc2nc(-c3ccc(F)cc3)no2)CC1. The number of rotatable bonds is 5. The number of amides is 1. The van der Waals surface area contributed by atoms with Crippen LogP contribution < -0.4 is 5.32 Å². The van der Waals surface area contributed by atoms with Crippen LogP contribution in [0.25, 0.3) is 11.4 Å². The molecule has 0 atom stereocenters.